The number of hydrogen-bond acceptors (Lipinski definition) is 5. The van der Waals surface area contributed by atoms with Gasteiger partial charge in [0.05, 0.1) is 18.6 Å². The number of para-hydroxylation sites is 1. The molecule has 0 spiro atoms. The molecule has 9 heteroatoms. The molecular formula is C20H32Cl2N4O3. The van der Waals surface area contributed by atoms with Crippen molar-refractivity contribution in [2.45, 2.75) is 12.8 Å². The Morgan fingerprint density at radius 2 is 1.69 bits per heavy atom. The number of methoxy groups -OCH3 is 1. The van der Waals surface area contributed by atoms with Crippen LogP contribution in [0.1, 0.15) is 12.8 Å². The number of anilines is 1. The highest BCUT2D eigenvalue weighted by atomic mass is 35.5. The van der Waals surface area contributed by atoms with E-state index in [0.717, 1.165) is 44.7 Å². The minimum Gasteiger partial charge on any atom is -0.384 e. The van der Waals surface area contributed by atoms with E-state index in [2.05, 4.69) is 15.5 Å². The van der Waals surface area contributed by atoms with Crippen LogP contribution in [0.5, 0.6) is 0 Å². The second-order valence-corrected chi connectivity index (χ2v) is 7.45. The van der Waals surface area contributed by atoms with Crippen LogP contribution >= 0.6 is 24.8 Å². The van der Waals surface area contributed by atoms with Gasteiger partial charge < -0.3 is 20.3 Å². The summed E-state index contributed by atoms with van der Waals surface area (Å²) in [5.74, 6) is 0.189. The number of halogens is 2. The summed E-state index contributed by atoms with van der Waals surface area (Å²) in [6.45, 7) is 5.30. The molecular weight excluding hydrogens is 415 g/mol. The number of amides is 2. The molecule has 0 aromatic heterocycles. The van der Waals surface area contributed by atoms with E-state index in [0.29, 0.717) is 26.2 Å². The largest absolute Gasteiger partial charge is 0.384 e. The first-order valence-corrected chi connectivity index (χ1v) is 9.69. The summed E-state index contributed by atoms with van der Waals surface area (Å²) in [5.41, 5.74) is 0.413. The summed E-state index contributed by atoms with van der Waals surface area (Å²) in [4.78, 5) is 29.4. The first-order valence-electron chi connectivity index (χ1n) is 9.69. The molecule has 0 atom stereocenters. The van der Waals surface area contributed by atoms with Crippen molar-refractivity contribution >= 4 is 42.3 Å². The molecule has 2 amide bonds. The zero-order valence-corrected chi connectivity index (χ0v) is 18.5. The van der Waals surface area contributed by atoms with E-state index in [-0.39, 0.29) is 36.6 Å². The van der Waals surface area contributed by atoms with Gasteiger partial charge in [-0.15, -0.1) is 24.8 Å². The number of ether oxygens (including phenoxy) is 1. The van der Waals surface area contributed by atoms with E-state index in [9.17, 15) is 9.59 Å². The zero-order chi connectivity index (χ0) is 19.1. The molecule has 7 nitrogen and oxygen atoms in total. The Hall–Kier alpha value is -1.38. The van der Waals surface area contributed by atoms with Crippen LogP contribution in [0.4, 0.5) is 5.69 Å². The Balaban J connectivity index is 0.00000210. The van der Waals surface area contributed by atoms with Gasteiger partial charge in [0, 0.05) is 39.0 Å². The highest BCUT2D eigenvalue weighted by molar-refractivity contribution is 5.92. The third-order valence-corrected chi connectivity index (χ3v) is 5.52. The van der Waals surface area contributed by atoms with Crippen LogP contribution in [0, 0.1) is 5.41 Å². The van der Waals surface area contributed by atoms with Gasteiger partial charge in [0.1, 0.15) is 0 Å². The molecule has 0 aliphatic carbocycles. The average Bonchev–Trinajstić information content (AvgIpc) is 2.70. The predicted octanol–water partition coefficient (Wildman–Crippen LogP) is 1.63. The fourth-order valence-corrected chi connectivity index (χ4v) is 3.97. The number of nitrogens with one attached hydrogen (secondary N) is 2. The number of nitrogens with zero attached hydrogens (tertiary/aromatic N) is 2. The molecule has 29 heavy (non-hydrogen) atoms. The monoisotopic (exact) mass is 446 g/mol. The van der Waals surface area contributed by atoms with Gasteiger partial charge in [0.2, 0.25) is 11.8 Å². The Labute approximate surface area is 185 Å². The lowest BCUT2D eigenvalue weighted by atomic mass is 9.78. The van der Waals surface area contributed by atoms with Crippen molar-refractivity contribution in [1.29, 1.82) is 0 Å². The maximum absolute atomic E-state index is 13.2. The Bertz CT molecular complexity index is 628. The van der Waals surface area contributed by atoms with Gasteiger partial charge in [0.15, 0.2) is 0 Å². The summed E-state index contributed by atoms with van der Waals surface area (Å²) in [6, 6.07) is 9.48. The van der Waals surface area contributed by atoms with Gasteiger partial charge in [-0.25, -0.2) is 0 Å². The number of carbonyl (C=O) groups excluding carboxylic acids is 2. The van der Waals surface area contributed by atoms with Gasteiger partial charge in [0.25, 0.3) is 0 Å². The van der Waals surface area contributed by atoms with Gasteiger partial charge in [-0.1, -0.05) is 18.2 Å². The fourth-order valence-electron chi connectivity index (χ4n) is 3.97. The molecule has 2 aliphatic rings. The first kappa shape index (κ1) is 25.7. The average molecular weight is 447 g/mol. The first-order chi connectivity index (χ1) is 13.1. The molecule has 2 heterocycles. The van der Waals surface area contributed by atoms with Crippen LogP contribution in [0.2, 0.25) is 0 Å². The van der Waals surface area contributed by atoms with Crippen LogP contribution in [-0.2, 0) is 14.3 Å². The maximum Gasteiger partial charge on any atom is 0.238 e. The van der Waals surface area contributed by atoms with E-state index < -0.39 is 5.41 Å². The zero-order valence-electron chi connectivity index (χ0n) is 16.9. The minimum absolute atomic E-state index is 0. The smallest absolute Gasteiger partial charge is 0.238 e. The normalized spacial score (nSPS) is 18.9. The second-order valence-electron chi connectivity index (χ2n) is 7.45. The molecule has 0 unspecified atom stereocenters. The maximum atomic E-state index is 13.2. The Morgan fingerprint density at radius 1 is 1.07 bits per heavy atom. The predicted molar refractivity (Wildman–Crippen MR) is 119 cm³/mol. The molecule has 1 aromatic rings. The number of carbonyl (C=O) groups is 2. The van der Waals surface area contributed by atoms with Crippen LogP contribution in [0.3, 0.4) is 0 Å². The molecule has 2 fully saturated rings. The number of rotatable bonds is 6. The van der Waals surface area contributed by atoms with Crippen LogP contribution in [0.25, 0.3) is 0 Å². The van der Waals surface area contributed by atoms with E-state index in [1.807, 2.05) is 35.2 Å². The number of hydrogen-bond donors (Lipinski definition) is 2. The lowest BCUT2D eigenvalue weighted by Gasteiger charge is -2.42. The third-order valence-electron chi connectivity index (χ3n) is 5.52. The topological polar surface area (TPSA) is 73.9 Å². The second kappa shape index (κ2) is 12.3. The quantitative estimate of drug-likeness (QED) is 0.694. The summed E-state index contributed by atoms with van der Waals surface area (Å²) in [6.07, 6.45) is 1.64. The Kier molecular flexibility index (Phi) is 10.9. The van der Waals surface area contributed by atoms with Crippen molar-refractivity contribution in [3.63, 3.8) is 0 Å². The van der Waals surface area contributed by atoms with Crippen molar-refractivity contribution in [3.05, 3.63) is 30.3 Å². The van der Waals surface area contributed by atoms with Crippen molar-refractivity contribution in [2.75, 3.05) is 64.8 Å². The van der Waals surface area contributed by atoms with E-state index in [1.54, 1.807) is 7.11 Å². The van der Waals surface area contributed by atoms with Gasteiger partial charge in [-0.05, 0) is 38.1 Å². The summed E-state index contributed by atoms with van der Waals surface area (Å²) >= 11 is 0. The molecule has 164 valence electrons. The summed E-state index contributed by atoms with van der Waals surface area (Å²) in [7, 11) is 1.67. The molecule has 2 aliphatic heterocycles. The molecule has 0 saturated carbocycles. The fraction of sp³-hybridized carbons (Fsp3) is 0.600. The van der Waals surface area contributed by atoms with E-state index >= 15 is 0 Å². The van der Waals surface area contributed by atoms with Crippen molar-refractivity contribution < 1.29 is 14.3 Å². The van der Waals surface area contributed by atoms with Crippen molar-refractivity contribution in [3.8, 4) is 0 Å². The van der Waals surface area contributed by atoms with Crippen molar-refractivity contribution in [2.24, 2.45) is 5.41 Å². The minimum atomic E-state index is -0.396. The van der Waals surface area contributed by atoms with E-state index in [4.69, 9.17) is 4.74 Å². The highest BCUT2D eigenvalue weighted by Crippen LogP contribution is 2.32. The van der Waals surface area contributed by atoms with Crippen molar-refractivity contribution in [1.82, 2.24) is 15.1 Å². The number of piperazine rings is 1. The van der Waals surface area contributed by atoms with Gasteiger partial charge in [-0.2, -0.15) is 0 Å². The molecule has 2 saturated heterocycles. The molecule has 2 N–H and O–H groups in total. The lowest BCUT2D eigenvalue weighted by molar-refractivity contribution is -0.149. The van der Waals surface area contributed by atoms with E-state index in [1.165, 1.54) is 0 Å². The molecule has 1 aromatic carbocycles. The number of benzene rings is 1. The van der Waals surface area contributed by atoms with Gasteiger partial charge in [-0.3, -0.25) is 14.5 Å². The molecule has 0 bridgehead atoms. The third kappa shape index (κ3) is 6.83. The SMILES string of the molecule is COCC1(C(=O)N2CCN(CC(=O)Nc3ccccc3)CC2)CCNCC1.Cl.Cl. The van der Waals surface area contributed by atoms with Gasteiger partial charge >= 0.3 is 0 Å². The Morgan fingerprint density at radius 3 is 2.28 bits per heavy atom. The lowest BCUT2D eigenvalue weighted by Crippen LogP contribution is -2.57. The van der Waals surface area contributed by atoms with Crippen LogP contribution in [-0.4, -0.2) is 81.1 Å². The van der Waals surface area contributed by atoms with Crippen LogP contribution < -0.4 is 10.6 Å². The molecule has 0 radical (unpaired) electrons. The molecule has 3 rings (SSSR count). The summed E-state index contributed by atoms with van der Waals surface area (Å²) in [5, 5.41) is 6.24. The van der Waals surface area contributed by atoms with Crippen LogP contribution in [0.15, 0.2) is 30.3 Å². The standard InChI is InChI=1S/C20H30N4O3.2ClH/c1-27-16-20(7-9-21-10-8-20)19(26)24-13-11-23(12-14-24)15-18(25)22-17-5-3-2-4-6-17;;/h2-6,21H,7-16H2,1H3,(H,22,25);2*1H. The number of piperidine rings is 1. The summed E-state index contributed by atoms with van der Waals surface area (Å²) < 4.78 is 5.39. The highest BCUT2D eigenvalue weighted by Gasteiger charge is 2.42.